The molecule has 3 aliphatic rings. The Hall–Kier alpha value is -2.44. The molecule has 3 saturated heterocycles. The highest BCUT2D eigenvalue weighted by atomic mass is 16.3. The number of piperidine rings is 1. The quantitative estimate of drug-likeness (QED) is 0.839. The first-order valence-corrected chi connectivity index (χ1v) is 10.7. The van der Waals surface area contributed by atoms with Crippen LogP contribution in [0.15, 0.2) is 42.5 Å². The van der Waals surface area contributed by atoms with Crippen LogP contribution in [-0.4, -0.2) is 65.3 Å². The topological polar surface area (TPSA) is 68.7 Å². The van der Waals surface area contributed by atoms with E-state index in [1.165, 1.54) is 0 Å². The number of hydrogen-bond acceptors (Lipinski definition) is 5. The number of benzene rings is 1. The van der Waals surface area contributed by atoms with E-state index in [1.54, 1.807) is 0 Å². The fourth-order valence-electron chi connectivity index (χ4n) is 5.09. The van der Waals surface area contributed by atoms with E-state index in [2.05, 4.69) is 16.3 Å². The molecule has 1 amide bonds. The molecule has 1 aromatic carbocycles. The largest absolute Gasteiger partial charge is 0.393 e. The van der Waals surface area contributed by atoms with Gasteiger partial charge in [-0.25, -0.2) is 4.98 Å². The summed E-state index contributed by atoms with van der Waals surface area (Å²) in [4.78, 5) is 22.5. The number of rotatable bonds is 3. The highest BCUT2D eigenvalue weighted by Gasteiger charge is 2.42. The third-order valence-corrected chi connectivity index (χ3v) is 6.52. The van der Waals surface area contributed by atoms with Crippen molar-refractivity contribution in [3.63, 3.8) is 0 Å². The van der Waals surface area contributed by atoms with Crippen molar-refractivity contribution in [1.82, 2.24) is 15.2 Å². The van der Waals surface area contributed by atoms with E-state index in [9.17, 15) is 9.90 Å². The number of piperazine rings is 1. The summed E-state index contributed by atoms with van der Waals surface area (Å²) in [6, 6.07) is 14.3. The van der Waals surface area contributed by atoms with E-state index >= 15 is 0 Å². The van der Waals surface area contributed by atoms with Crippen LogP contribution >= 0.6 is 0 Å². The monoisotopic (exact) mass is 392 g/mol. The van der Waals surface area contributed by atoms with Gasteiger partial charge in [0.05, 0.1) is 11.8 Å². The fraction of sp³-hybridized carbons (Fsp3) is 0.478. The van der Waals surface area contributed by atoms with E-state index < -0.39 is 0 Å². The van der Waals surface area contributed by atoms with Crippen LogP contribution in [0, 0.1) is 0 Å². The molecule has 2 aromatic rings. The number of carbonyl (C=O) groups is 1. The van der Waals surface area contributed by atoms with Crippen molar-refractivity contribution in [2.75, 3.05) is 31.1 Å². The van der Waals surface area contributed by atoms with Crippen LogP contribution in [0.4, 0.5) is 5.82 Å². The molecule has 0 spiro atoms. The maximum absolute atomic E-state index is 13.3. The summed E-state index contributed by atoms with van der Waals surface area (Å²) in [7, 11) is 0. The van der Waals surface area contributed by atoms with Crippen LogP contribution in [0.1, 0.15) is 36.0 Å². The minimum atomic E-state index is -0.264. The molecule has 3 fully saturated rings. The smallest absolute Gasteiger partial charge is 0.254 e. The lowest BCUT2D eigenvalue weighted by atomic mass is 9.98. The molecule has 2 bridgehead atoms. The molecular weight excluding hydrogens is 364 g/mol. The summed E-state index contributed by atoms with van der Waals surface area (Å²) in [5, 5.41) is 13.4. The molecule has 1 aromatic heterocycles. The van der Waals surface area contributed by atoms with Gasteiger partial charge in [0.1, 0.15) is 5.82 Å². The number of fused-ring (bicyclic) bond motifs is 2. The summed E-state index contributed by atoms with van der Waals surface area (Å²) in [6.45, 7) is 3.86. The number of nitrogens with one attached hydrogen (secondary N) is 1. The van der Waals surface area contributed by atoms with Gasteiger partial charge in [-0.3, -0.25) is 4.79 Å². The van der Waals surface area contributed by atoms with Crippen LogP contribution in [0.5, 0.6) is 0 Å². The number of aromatic nitrogens is 1. The van der Waals surface area contributed by atoms with Crippen LogP contribution in [0.3, 0.4) is 0 Å². The van der Waals surface area contributed by atoms with Crippen LogP contribution in [-0.2, 0) is 0 Å². The predicted octanol–water partition coefficient (Wildman–Crippen LogP) is 2.29. The van der Waals surface area contributed by atoms with Gasteiger partial charge in [0.2, 0.25) is 0 Å². The Morgan fingerprint density at radius 2 is 1.76 bits per heavy atom. The minimum Gasteiger partial charge on any atom is -0.393 e. The maximum atomic E-state index is 13.3. The molecule has 6 heteroatoms. The molecule has 3 aliphatic heterocycles. The van der Waals surface area contributed by atoms with E-state index in [4.69, 9.17) is 4.98 Å². The summed E-state index contributed by atoms with van der Waals surface area (Å²) < 4.78 is 0. The van der Waals surface area contributed by atoms with E-state index in [0.717, 1.165) is 56.1 Å². The Kier molecular flexibility index (Phi) is 4.97. The van der Waals surface area contributed by atoms with Crippen molar-refractivity contribution in [1.29, 1.82) is 0 Å². The molecule has 2 N–H and O–H groups in total. The lowest BCUT2D eigenvalue weighted by molar-refractivity contribution is 0.0287. The second-order valence-electron chi connectivity index (χ2n) is 8.42. The van der Waals surface area contributed by atoms with Crippen molar-refractivity contribution < 1.29 is 9.90 Å². The Morgan fingerprint density at radius 1 is 1.03 bits per heavy atom. The van der Waals surface area contributed by atoms with Crippen LogP contribution < -0.4 is 10.2 Å². The van der Waals surface area contributed by atoms with Gasteiger partial charge in [-0.1, -0.05) is 18.2 Å². The molecule has 0 saturated carbocycles. The van der Waals surface area contributed by atoms with Gasteiger partial charge in [-0.2, -0.15) is 0 Å². The Balaban J connectivity index is 1.40. The lowest BCUT2D eigenvalue weighted by Crippen LogP contribution is -2.48. The molecule has 152 valence electrons. The molecule has 29 heavy (non-hydrogen) atoms. The second-order valence-corrected chi connectivity index (χ2v) is 8.42. The number of pyridine rings is 1. The Labute approximate surface area is 171 Å². The second kappa shape index (κ2) is 7.76. The highest BCUT2D eigenvalue weighted by molar-refractivity contribution is 5.96. The summed E-state index contributed by atoms with van der Waals surface area (Å²) in [5.74, 6) is 1.08. The number of hydrogen-bond donors (Lipinski definition) is 2. The normalized spacial score (nSPS) is 26.6. The first kappa shape index (κ1) is 18.6. The fourth-order valence-corrected chi connectivity index (χ4v) is 5.09. The van der Waals surface area contributed by atoms with Crippen molar-refractivity contribution >= 4 is 11.7 Å². The van der Waals surface area contributed by atoms with Gasteiger partial charge >= 0.3 is 0 Å². The first-order valence-electron chi connectivity index (χ1n) is 10.7. The molecule has 4 heterocycles. The third-order valence-electron chi connectivity index (χ3n) is 6.52. The SMILES string of the molecule is O=C(c1cccc(-c2cccc(N3CCNCC3)n2)c1)N1[C@@H]2CC[C@H]1CC(O)C2. The summed E-state index contributed by atoms with van der Waals surface area (Å²) in [6.07, 6.45) is 3.15. The molecule has 1 unspecified atom stereocenters. The van der Waals surface area contributed by atoms with Gasteiger partial charge in [0.15, 0.2) is 0 Å². The van der Waals surface area contributed by atoms with Gasteiger partial charge in [0, 0.05) is 49.4 Å². The highest BCUT2D eigenvalue weighted by Crippen LogP contribution is 2.37. The number of aliphatic hydroxyl groups is 1. The van der Waals surface area contributed by atoms with Crippen LogP contribution in [0.2, 0.25) is 0 Å². The number of amides is 1. The maximum Gasteiger partial charge on any atom is 0.254 e. The summed E-state index contributed by atoms with van der Waals surface area (Å²) >= 11 is 0. The standard InChI is InChI=1S/C23H28N4O2/c28-20-14-18-7-8-19(15-20)27(18)23(29)17-4-1-3-16(13-17)21-5-2-6-22(25-21)26-11-9-24-10-12-26/h1-6,13,18-20,24,28H,7-12,14-15H2/t18-,19+,20?. The van der Waals surface area contributed by atoms with E-state index in [-0.39, 0.29) is 24.1 Å². The lowest BCUT2D eigenvalue weighted by Gasteiger charge is -2.37. The zero-order valence-corrected chi connectivity index (χ0v) is 16.6. The number of nitrogens with zero attached hydrogens (tertiary/aromatic N) is 3. The van der Waals surface area contributed by atoms with Crippen molar-refractivity contribution in [2.45, 2.75) is 43.9 Å². The molecule has 0 radical (unpaired) electrons. The number of anilines is 1. The number of aliphatic hydroxyl groups excluding tert-OH is 1. The molecule has 5 rings (SSSR count). The minimum absolute atomic E-state index is 0.0875. The zero-order chi connectivity index (χ0) is 19.8. The first-order chi connectivity index (χ1) is 14.2. The average molecular weight is 393 g/mol. The van der Waals surface area contributed by atoms with E-state index in [0.29, 0.717) is 18.4 Å². The van der Waals surface area contributed by atoms with Gasteiger partial charge in [-0.05, 0) is 49.9 Å². The zero-order valence-electron chi connectivity index (χ0n) is 16.6. The third kappa shape index (κ3) is 3.63. The van der Waals surface area contributed by atoms with Gasteiger partial charge in [-0.15, -0.1) is 0 Å². The number of carbonyl (C=O) groups excluding carboxylic acids is 1. The van der Waals surface area contributed by atoms with E-state index in [1.807, 2.05) is 41.3 Å². The van der Waals surface area contributed by atoms with Gasteiger partial charge < -0.3 is 20.2 Å². The average Bonchev–Trinajstić information content (AvgIpc) is 3.05. The van der Waals surface area contributed by atoms with Crippen molar-refractivity contribution in [2.24, 2.45) is 0 Å². The Bertz CT molecular complexity index is 882. The predicted molar refractivity (Wildman–Crippen MR) is 113 cm³/mol. The molecule has 3 atom stereocenters. The van der Waals surface area contributed by atoms with Crippen molar-refractivity contribution in [3.8, 4) is 11.3 Å². The molecular formula is C23H28N4O2. The molecule has 0 aliphatic carbocycles. The Morgan fingerprint density at radius 3 is 2.52 bits per heavy atom. The van der Waals surface area contributed by atoms with Gasteiger partial charge in [0.25, 0.3) is 5.91 Å². The van der Waals surface area contributed by atoms with Crippen LogP contribution in [0.25, 0.3) is 11.3 Å². The summed E-state index contributed by atoms with van der Waals surface area (Å²) in [5.41, 5.74) is 2.58. The van der Waals surface area contributed by atoms with Crippen molar-refractivity contribution in [3.05, 3.63) is 48.0 Å². The molecule has 6 nitrogen and oxygen atoms in total.